The third-order valence-corrected chi connectivity index (χ3v) is 5.03. The van der Waals surface area contributed by atoms with Crippen LogP contribution in [0, 0.1) is 11.3 Å². The quantitative estimate of drug-likeness (QED) is 0.729. The second-order valence-electron chi connectivity index (χ2n) is 6.82. The highest BCUT2D eigenvalue weighted by Crippen LogP contribution is 2.31. The summed E-state index contributed by atoms with van der Waals surface area (Å²) in [7, 11) is 0. The van der Waals surface area contributed by atoms with Crippen molar-refractivity contribution in [2.45, 2.75) is 19.0 Å². The number of carbonyl (C=O) groups excluding carboxylic acids is 2. The first-order chi connectivity index (χ1) is 13.0. The van der Waals surface area contributed by atoms with Crippen LogP contribution in [-0.4, -0.2) is 16.8 Å². The van der Waals surface area contributed by atoms with Crippen molar-refractivity contribution in [3.8, 4) is 6.07 Å². The molecule has 1 N–H and O–H groups in total. The van der Waals surface area contributed by atoms with Crippen LogP contribution in [0.2, 0.25) is 0 Å². The maximum Gasteiger partial charge on any atom is 0.325 e. The minimum absolute atomic E-state index is 0.166. The van der Waals surface area contributed by atoms with Crippen LogP contribution < -0.4 is 5.32 Å². The second kappa shape index (κ2) is 6.26. The van der Waals surface area contributed by atoms with Crippen molar-refractivity contribution in [2.24, 2.45) is 0 Å². The molecule has 0 bridgehead atoms. The van der Waals surface area contributed by atoms with Gasteiger partial charge in [-0.1, -0.05) is 48.5 Å². The van der Waals surface area contributed by atoms with Crippen LogP contribution >= 0.6 is 0 Å². The van der Waals surface area contributed by atoms with Gasteiger partial charge < -0.3 is 5.32 Å². The summed E-state index contributed by atoms with van der Waals surface area (Å²) in [4.78, 5) is 26.8. The second-order valence-corrected chi connectivity index (χ2v) is 6.82. The number of hydrogen-bond acceptors (Lipinski definition) is 3. The zero-order valence-electron chi connectivity index (χ0n) is 14.8. The maximum absolute atomic E-state index is 13.1. The fraction of sp³-hybridized carbons (Fsp3) is 0.136. The standard InChI is InChI=1S/C22H17N3O2/c1-22(19-11-10-17-4-2-3-5-18(17)12-19)20(26)25(21(27)24-22)14-16-8-6-15(13-23)7-9-16/h2-12H,14H2,1H3,(H,24,27)/t22-/m0/s1. The van der Waals surface area contributed by atoms with E-state index in [2.05, 4.69) is 11.4 Å². The first-order valence-corrected chi connectivity index (χ1v) is 8.64. The normalized spacial score (nSPS) is 19.2. The number of fused-ring (bicyclic) bond motifs is 1. The topological polar surface area (TPSA) is 73.2 Å². The summed E-state index contributed by atoms with van der Waals surface area (Å²) < 4.78 is 0. The van der Waals surface area contributed by atoms with Crippen LogP contribution in [0.3, 0.4) is 0 Å². The van der Waals surface area contributed by atoms with Crippen LogP contribution in [0.15, 0.2) is 66.7 Å². The maximum atomic E-state index is 13.1. The smallest absolute Gasteiger partial charge is 0.319 e. The third-order valence-electron chi connectivity index (χ3n) is 5.03. The number of rotatable bonds is 3. The van der Waals surface area contributed by atoms with Crippen LogP contribution in [0.1, 0.15) is 23.6 Å². The molecule has 1 saturated heterocycles. The number of nitriles is 1. The summed E-state index contributed by atoms with van der Waals surface area (Å²) in [6, 6.07) is 22.2. The summed E-state index contributed by atoms with van der Waals surface area (Å²) in [5, 5.41) is 13.8. The summed E-state index contributed by atoms with van der Waals surface area (Å²) >= 11 is 0. The van der Waals surface area contributed by atoms with E-state index < -0.39 is 11.6 Å². The third kappa shape index (κ3) is 2.81. The SMILES string of the molecule is C[C@@]1(c2ccc3ccccc3c2)NC(=O)N(Cc2ccc(C#N)cc2)C1=O. The zero-order valence-corrected chi connectivity index (χ0v) is 14.8. The van der Waals surface area contributed by atoms with E-state index in [1.54, 1.807) is 31.2 Å². The largest absolute Gasteiger partial charge is 0.325 e. The summed E-state index contributed by atoms with van der Waals surface area (Å²) in [5.41, 5.74) is 0.979. The van der Waals surface area contributed by atoms with Crippen molar-refractivity contribution in [1.29, 1.82) is 5.26 Å². The first kappa shape index (κ1) is 16.8. The first-order valence-electron chi connectivity index (χ1n) is 8.64. The molecule has 5 nitrogen and oxygen atoms in total. The van der Waals surface area contributed by atoms with E-state index in [9.17, 15) is 9.59 Å². The van der Waals surface area contributed by atoms with Gasteiger partial charge in [0.05, 0.1) is 18.2 Å². The van der Waals surface area contributed by atoms with Crippen LogP contribution in [0.25, 0.3) is 10.8 Å². The highest BCUT2D eigenvalue weighted by molar-refractivity contribution is 6.07. The number of hydrogen-bond donors (Lipinski definition) is 1. The van der Waals surface area contributed by atoms with Gasteiger partial charge in [0.1, 0.15) is 5.54 Å². The lowest BCUT2D eigenvalue weighted by Gasteiger charge is -2.22. The number of carbonyl (C=O) groups is 2. The van der Waals surface area contributed by atoms with Crippen molar-refractivity contribution in [1.82, 2.24) is 10.2 Å². The monoisotopic (exact) mass is 355 g/mol. The van der Waals surface area contributed by atoms with E-state index in [0.717, 1.165) is 21.9 Å². The van der Waals surface area contributed by atoms with E-state index in [4.69, 9.17) is 5.26 Å². The lowest BCUT2D eigenvalue weighted by Crippen LogP contribution is -2.40. The van der Waals surface area contributed by atoms with E-state index in [1.807, 2.05) is 42.5 Å². The minimum Gasteiger partial charge on any atom is -0.319 e. The molecule has 0 saturated carbocycles. The Kier molecular flexibility index (Phi) is 3.89. The molecular formula is C22H17N3O2. The zero-order chi connectivity index (χ0) is 19.0. The molecule has 1 aliphatic rings. The molecule has 0 unspecified atom stereocenters. The van der Waals surface area contributed by atoms with Gasteiger partial charge in [0.2, 0.25) is 0 Å². The van der Waals surface area contributed by atoms with Crippen LogP contribution in [0.5, 0.6) is 0 Å². The van der Waals surface area contributed by atoms with Crippen molar-refractivity contribution >= 4 is 22.7 Å². The molecule has 27 heavy (non-hydrogen) atoms. The van der Waals surface area contributed by atoms with Gasteiger partial charge in [-0.3, -0.25) is 9.69 Å². The number of benzene rings is 3. The van der Waals surface area contributed by atoms with Crippen LogP contribution in [0.4, 0.5) is 4.79 Å². The summed E-state index contributed by atoms with van der Waals surface area (Å²) in [6.07, 6.45) is 0. The van der Waals surface area contributed by atoms with Gasteiger partial charge in [0.25, 0.3) is 5.91 Å². The highest BCUT2D eigenvalue weighted by atomic mass is 16.2. The Labute approximate surface area is 156 Å². The van der Waals surface area contributed by atoms with Gasteiger partial charge in [0, 0.05) is 0 Å². The average Bonchev–Trinajstić information content (AvgIpc) is 2.92. The van der Waals surface area contributed by atoms with Crippen LogP contribution in [-0.2, 0) is 16.9 Å². The van der Waals surface area contributed by atoms with Crippen molar-refractivity contribution in [3.05, 3.63) is 83.4 Å². The van der Waals surface area contributed by atoms with Gasteiger partial charge in [-0.15, -0.1) is 0 Å². The molecule has 3 aromatic carbocycles. The fourth-order valence-corrected chi connectivity index (χ4v) is 3.40. The van der Waals surface area contributed by atoms with E-state index in [1.165, 1.54) is 4.90 Å². The van der Waals surface area contributed by atoms with Gasteiger partial charge >= 0.3 is 6.03 Å². The molecule has 4 rings (SSSR count). The van der Waals surface area contributed by atoms with Crippen molar-refractivity contribution in [2.75, 3.05) is 0 Å². The lowest BCUT2D eigenvalue weighted by atomic mass is 9.90. The van der Waals surface area contributed by atoms with E-state index in [0.29, 0.717) is 5.56 Å². The average molecular weight is 355 g/mol. The predicted octanol–water partition coefficient (Wildman–Crippen LogP) is 3.68. The highest BCUT2D eigenvalue weighted by Gasteiger charge is 2.48. The Morgan fingerprint density at radius 2 is 1.70 bits per heavy atom. The molecule has 0 radical (unpaired) electrons. The molecule has 0 spiro atoms. The molecule has 0 aliphatic carbocycles. The predicted molar refractivity (Wildman–Crippen MR) is 102 cm³/mol. The minimum atomic E-state index is -1.10. The number of imide groups is 1. The number of urea groups is 1. The van der Waals surface area contributed by atoms with E-state index >= 15 is 0 Å². The molecular weight excluding hydrogens is 338 g/mol. The van der Waals surface area contributed by atoms with Gasteiger partial charge in [-0.2, -0.15) is 5.26 Å². The van der Waals surface area contributed by atoms with Crippen molar-refractivity contribution < 1.29 is 9.59 Å². The molecule has 1 aliphatic heterocycles. The van der Waals surface area contributed by atoms with Gasteiger partial charge in [-0.25, -0.2) is 4.79 Å². The molecule has 0 aromatic heterocycles. The molecule has 3 amide bonds. The summed E-state index contributed by atoms with van der Waals surface area (Å²) in [6.45, 7) is 1.90. The fourth-order valence-electron chi connectivity index (χ4n) is 3.40. The molecule has 1 fully saturated rings. The number of nitrogens with zero attached hydrogens (tertiary/aromatic N) is 2. The van der Waals surface area contributed by atoms with Gasteiger partial charge in [0.15, 0.2) is 0 Å². The summed E-state index contributed by atoms with van der Waals surface area (Å²) in [5.74, 6) is -0.285. The molecule has 132 valence electrons. The van der Waals surface area contributed by atoms with Crippen molar-refractivity contribution in [3.63, 3.8) is 0 Å². The number of nitrogens with one attached hydrogen (secondary N) is 1. The Hall–Kier alpha value is -3.65. The Balaban J connectivity index is 1.64. The number of amides is 3. The van der Waals surface area contributed by atoms with E-state index in [-0.39, 0.29) is 12.5 Å². The Morgan fingerprint density at radius 1 is 1.00 bits per heavy atom. The Morgan fingerprint density at radius 3 is 2.41 bits per heavy atom. The Bertz CT molecular complexity index is 1100. The molecule has 3 aromatic rings. The lowest BCUT2D eigenvalue weighted by molar-refractivity contribution is -0.131. The molecule has 1 heterocycles. The molecule has 5 heteroatoms. The van der Waals surface area contributed by atoms with Gasteiger partial charge in [-0.05, 0) is 47.0 Å². The molecule has 1 atom stereocenters.